The number of halogens is 2. The van der Waals surface area contributed by atoms with Crippen LogP contribution >= 0.6 is 0 Å². The first kappa shape index (κ1) is 21.8. The molecule has 2 heterocycles. The van der Waals surface area contributed by atoms with Crippen molar-refractivity contribution in [3.05, 3.63) is 88.5 Å². The lowest BCUT2D eigenvalue weighted by molar-refractivity contribution is 0.0950. The molecule has 0 unspecified atom stereocenters. The molecular weight excluding hydrogens is 412 g/mol. The molecule has 166 valence electrons. The molecule has 32 heavy (non-hydrogen) atoms. The Morgan fingerprint density at radius 1 is 1.12 bits per heavy atom. The highest BCUT2D eigenvalue weighted by Crippen LogP contribution is 2.25. The number of H-pyrrole nitrogens is 1. The number of aromatic amines is 1. The minimum atomic E-state index is -0.441. The second-order valence-electron chi connectivity index (χ2n) is 7.67. The van der Waals surface area contributed by atoms with Gasteiger partial charge in [0.05, 0.1) is 12.2 Å². The molecule has 6 nitrogen and oxygen atoms in total. The number of fused-ring (bicyclic) bond motifs is 1. The molecule has 1 aliphatic carbocycles. The van der Waals surface area contributed by atoms with E-state index < -0.39 is 5.82 Å². The number of rotatable bonds is 9. The standard InChI is InChI=1S/C24H25F2N5O/c25-18-7-3-11-28-21(18)15-29-24(32)17-5-1-4-16(14-17)9-12-27-13-10-22-30-20-8-2-6-19(26)23(20)31-22/h1,3-7,11,14,27H,2,8-10,12-13,15H2,(H,29,32)(H,30,31). The van der Waals surface area contributed by atoms with Gasteiger partial charge in [-0.2, -0.15) is 0 Å². The quantitative estimate of drug-likeness (QED) is 0.448. The first-order valence-corrected chi connectivity index (χ1v) is 10.7. The van der Waals surface area contributed by atoms with Crippen LogP contribution in [-0.4, -0.2) is 33.9 Å². The molecule has 3 aromatic rings. The Morgan fingerprint density at radius 2 is 2.00 bits per heavy atom. The van der Waals surface area contributed by atoms with E-state index in [0.29, 0.717) is 30.6 Å². The van der Waals surface area contributed by atoms with Crippen LogP contribution in [0.3, 0.4) is 0 Å². The topological polar surface area (TPSA) is 82.7 Å². The van der Waals surface area contributed by atoms with Crippen molar-refractivity contribution in [2.45, 2.75) is 32.2 Å². The van der Waals surface area contributed by atoms with E-state index >= 15 is 0 Å². The second-order valence-corrected chi connectivity index (χ2v) is 7.67. The maximum Gasteiger partial charge on any atom is 0.251 e. The van der Waals surface area contributed by atoms with E-state index in [-0.39, 0.29) is 24.0 Å². The normalized spacial score (nSPS) is 12.9. The van der Waals surface area contributed by atoms with Gasteiger partial charge in [-0.1, -0.05) is 12.1 Å². The van der Waals surface area contributed by atoms with E-state index in [1.165, 1.54) is 18.3 Å². The number of hydrogen-bond acceptors (Lipinski definition) is 4. The zero-order valence-corrected chi connectivity index (χ0v) is 17.6. The van der Waals surface area contributed by atoms with Crippen molar-refractivity contribution in [2.75, 3.05) is 13.1 Å². The molecule has 0 spiro atoms. The van der Waals surface area contributed by atoms with Gasteiger partial charge in [-0.15, -0.1) is 0 Å². The summed E-state index contributed by atoms with van der Waals surface area (Å²) in [5.41, 5.74) is 3.08. The van der Waals surface area contributed by atoms with E-state index in [1.54, 1.807) is 12.1 Å². The number of imidazole rings is 1. The fraction of sp³-hybridized carbons (Fsp3) is 0.292. The predicted octanol–water partition coefficient (Wildman–Crippen LogP) is 3.51. The van der Waals surface area contributed by atoms with Crippen LogP contribution < -0.4 is 10.6 Å². The van der Waals surface area contributed by atoms with E-state index in [1.807, 2.05) is 18.2 Å². The highest BCUT2D eigenvalue weighted by Gasteiger charge is 2.17. The molecule has 4 rings (SSSR count). The third-order valence-electron chi connectivity index (χ3n) is 5.34. The van der Waals surface area contributed by atoms with E-state index in [2.05, 4.69) is 25.6 Å². The number of aryl methyl sites for hydroxylation is 1. The van der Waals surface area contributed by atoms with Crippen molar-refractivity contribution >= 4 is 11.7 Å². The van der Waals surface area contributed by atoms with Crippen molar-refractivity contribution in [1.82, 2.24) is 25.6 Å². The predicted molar refractivity (Wildman–Crippen MR) is 118 cm³/mol. The van der Waals surface area contributed by atoms with Crippen LogP contribution in [0.5, 0.6) is 0 Å². The third-order valence-corrected chi connectivity index (χ3v) is 5.34. The maximum absolute atomic E-state index is 13.8. The number of amides is 1. The number of pyridine rings is 1. The lowest BCUT2D eigenvalue weighted by atomic mass is 10.1. The molecule has 0 radical (unpaired) electrons. The van der Waals surface area contributed by atoms with E-state index in [9.17, 15) is 13.6 Å². The number of benzene rings is 1. The molecule has 1 aliphatic rings. The molecule has 0 bridgehead atoms. The van der Waals surface area contributed by atoms with Crippen LogP contribution in [0.25, 0.3) is 5.83 Å². The molecule has 1 amide bonds. The summed E-state index contributed by atoms with van der Waals surface area (Å²) in [6.07, 6.45) is 6.01. The zero-order valence-electron chi connectivity index (χ0n) is 17.6. The van der Waals surface area contributed by atoms with E-state index in [0.717, 1.165) is 36.5 Å². The summed E-state index contributed by atoms with van der Waals surface area (Å²) in [4.78, 5) is 23.9. The Labute approximate surface area is 185 Å². The van der Waals surface area contributed by atoms with Gasteiger partial charge < -0.3 is 15.6 Å². The first-order chi connectivity index (χ1) is 15.6. The summed E-state index contributed by atoms with van der Waals surface area (Å²) in [5, 5.41) is 6.06. The number of carbonyl (C=O) groups is 1. The summed E-state index contributed by atoms with van der Waals surface area (Å²) in [5.74, 6) is -0.163. The second kappa shape index (κ2) is 10.3. The summed E-state index contributed by atoms with van der Waals surface area (Å²) in [6.45, 7) is 1.49. The van der Waals surface area contributed by atoms with Crippen LogP contribution in [0.1, 0.15) is 45.2 Å². The van der Waals surface area contributed by atoms with Gasteiger partial charge in [0.25, 0.3) is 5.91 Å². The molecular formula is C24H25F2N5O. The molecule has 0 fully saturated rings. The average Bonchev–Trinajstić information content (AvgIpc) is 3.23. The fourth-order valence-electron chi connectivity index (χ4n) is 3.65. The lowest BCUT2D eigenvalue weighted by Gasteiger charge is -2.08. The monoisotopic (exact) mass is 437 g/mol. The zero-order chi connectivity index (χ0) is 22.3. The number of aromatic nitrogens is 3. The first-order valence-electron chi connectivity index (χ1n) is 10.7. The largest absolute Gasteiger partial charge is 0.346 e. The van der Waals surface area contributed by atoms with Gasteiger partial charge in [-0.25, -0.2) is 13.8 Å². The molecule has 1 aromatic carbocycles. The summed E-state index contributed by atoms with van der Waals surface area (Å²) in [6, 6.07) is 10.2. The minimum absolute atomic E-state index is 0.0349. The average molecular weight is 437 g/mol. The number of hydrogen-bond donors (Lipinski definition) is 3. The van der Waals surface area contributed by atoms with Crippen LogP contribution in [0, 0.1) is 5.82 Å². The summed E-state index contributed by atoms with van der Waals surface area (Å²) < 4.78 is 27.4. The van der Waals surface area contributed by atoms with Crippen molar-refractivity contribution < 1.29 is 13.6 Å². The Balaban J connectivity index is 1.21. The summed E-state index contributed by atoms with van der Waals surface area (Å²) >= 11 is 0. The molecule has 8 heteroatoms. The number of nitrogens with one attached hydrogen (secondary N) is 3. The van der Waals surface area contributed by atoms with Gasteiger partial charge in [0.1, 0.15) is 23.2 Å². The van der Waals surface area contributed by atoms with Gasteiger partial charge in [0, 0.05) is 30.4 Å². The Kier molecular flexibility index (Phi) is 7.01. The Morgan fingerprint density at radius 3 is 2.84 bits per heavy atom. The Bertz CT molecular complexity index is 1130. The van der Waals surface area contributed by atoms with Crippen LogP contribution in [-0.2, 0) is 25.8 Å². The summed E-state index contributed by atoms with van der Waals surface area (Å²) in [7, 11) is 0. The van der Waals surface area contributed by atoms with Crippen molar-refractivity contribution in [1.29, 1.82) is 0 Å². The molecule has 2 aromatic heterocycles. The molecule has 0 saturated carbocycles. The van der Waals surface area contributed by atoms with Crippen LogP contribution in [0.2, 0.25) is 0 Å². The van der Waals surface area contributed by atoms with Gasteiger partial charge in [0.15, 0.2) is 0 Å². The van der Waals surface area contributed by atoms with Gasteiger partial charge in [0.2, 0.25) is 0 Å². The minimum Gasteiger partial charge on any atom is -0.346 e. The van der Waals surface area contributed by atoms with Crippen LogP contribution in [0.15, 0.2) is 48.7 Å². The maximum atomic E-state index is 13.8. The smallest absolute Gasteiger partial charge is 0.251 e. The number of carbonyl (C=O) groups excluding carboxylic acids is 1. The van der Waals surface area contributed by atoms with Gasteiger partial charge >= 0.3 is 0 Å². The fourth-order valence-corrected chi connectivity index (χ4v) is 3.65. The third kappa shape index (κ3) is 5.45. The highest BCUT2D eigenvalue weighted by atomic mass is 19.1. The van der Waals surface area contributed by atoms with Crippen molar-refractivity contribution in [3.8, 4) is 0 Å². The number of allylic oxidation sites excluding steroid dienone is 1. The molecule has 0 aliphatic heterocycles. The molecule has 0 saturated heterocycles. The van der Waals surface area contributed by atoms with E-state index in [4.69, 9.17) is 0 Å². The highest BCUT2D eigenvalue weighted by molar-refractivity contribution is 5.94. The van der Waals surface area contributed by atoms with Gasteiger partial charge in [-0.05, 0) is 61.7 Å². The Hall–Kier alpha value is -3.39. The number of nitrogens with zero attached hydrogens (tertiary/aromatic N) is 2. The van der Waals surface area contributed by atoms with Crippen molar-refractivity contribution in [2.24, 2.45) is 0 Å². The van der Waals surface area contributed by atoms with Crippen molar-refractivity contribution in [3.63, 3.8) is 0 Å². The SMILES string of the molecule is O=C(NCc1ncccc1F)c1cccc(CCNCCc2nc3c([nH]2)CCC=C3F)c1. The molecule has 3 N–H and O–H groups in total. The molecule has 0 atom stereocenters. The van der Waals surface area contributed by atoms with Crippen LogP contribution in [0.4, 0.5) is 8.78 Å². The van der Waals surface area contributed by atoms with Gasteiger partial charge in [-0.3, -0.25) is 9.78 Å². The lowest BCUT2D eigenvalue weighted by Crippen LogP contribution is -2.24.